The summed E-state index contributed by atoms with van der Waals surface area (Å²) in [5, 5.41) is 4.72. The van der Waals surface area contributed by atoms with Crippen LogP contribution in [0, 0.1) is 6.92 Å². The first-order valence-corrected chi connectivity index (χ1v) is 8.89. The molecule has 0 radical (unpaired) electrons. The van der Waals surface area contributed by atoms with Crippen molar-refractivity contribution in [1.82, 2.24) is 5.32 Å². The number of nitrogens with zero attached hydrogens (tertiary/aromatic N) is 1. The number of nitrogens with one attached hydrogen (secondary N) is 1. The second kappa shape index (κ2) is 7.19. The molecule has 0 atom stereocenters. The number of carbonyl (C=O) groups is 1. The first kappa shape index (κ1) is 17.4. The molecule has 1 aliphatic rings. The van der Waals surface area contributed by atoms with Crippen LogP contribution in [-0.2, 0) is 4.79 Å². The van der Waals surface area contributed by atoms with Crippen LogP contribution in [0.4, 0.5) is 5.69 Å². The van der Waals surface area contributed by atoms with E-state index in [9.17, 15) is 4.79 Å². The van der Waals surface area contributed by atoms with Gasteiger partial charge in [-0.05, 0) is 54.1 Å². The van der Waals surface area contributed by atoms with Gasteiger partial charge in [-0.2, -0.15) is 0 Å². The van der Waals surface area contributed by atoms with Crippen molar-refractivity contribution in [2.45, 2.75) is 6.92 Å². The van der Waals surface area contributed by atoms with Gasteiger partial charge in [0.15, 0.2) is 5.17 Å². The van der Waals surface area contributed by atoms with E-state index in [1.54, 1.807) is 30.3 Å². The minimum Gasteiger partial charge on any atom is -0.300 e. The molecule has 1 amide bonds. The molecule has 3 nitrogen and oxygen atoms in total. The van der Waals surface area contributed by atoms with Crippen molar-refractivity contribution >= 4 is 69.4 Å². The largest absolute Gasteiger partial charge is 0.300 e. The van der Waals surface area contributed by atoms with E-state index < -0.39 is 0 Å². The minimum absolute atomic E-state index is 0.227. The number of carbonyl (C=O) groups excluding carboxylic acids is 1. The average Bonchev–Trinajstić information content (AvgIpc) is 2.88. The van der Waals surface area contributed by atoms with Gasteiger partial charge in [-0.15, -0.1) is 0 Å². The number of amides is 1. The van der Waals surface area contributed by atoms with Crippen molar-refractivity contribution in [3.05, 3.63) is 67.5 Å². The molecular formula is C17H11Cl3N2OS. The number of thioether (sulfide) groups is 1. The summed E-state index contributed by atoms with van der Waals surface area (Å²) in [5.41, 5.74) is 2.26. The van der Waals surface area contributed by atoms with Crippen LogP contribution in [-0.4, -0.2) is 11.1 Å². The third kappa shape index (κ3) is 3.62. The molecule has 1 fully saturated rings. The Morgan fingerprint density at radius 3 is 2.58 bits per heavy atom. The molecule has 1 saturated heterocycles. The average molecular weight is 398 g/mol. The topological polar surface area (TPSA) is 41.5 Å². The number of hydrogen-bond donors (Lipinski definition) is 1. The van der Waals surface area contributed by atoms with Gasteiger partial charge in [0.1, 0.15) is 0 Å². The fourth-order valence-corrected chi connectivity index (χ4v) is 3.44. The predicted octanol–water partition coefficient (Wildman–Crippen LogP) is 5.85. The van der Waals surface area contributed by atoms with Gasteiger partial charge in [-0.1, -0.05) is 53.0 Å². The minimum atomic E-state index is -0.227. The Kier molecular flexibility index (Phi) is 5.21. The lowest BCUT2D eigenvalue weighted by Crippen LogP contribution is -2.19. The molecule has 0 spiro atoms. The Balaban J connectivity index is 1.91. The fourth-order valence-electron chi connectivity index (χ4n) is 2.08. The van der Waals surface area contributed by atoms with Gasteiger partial charge in [-0.25, -0.2) is 4.99 Å². The Bertz CT molecular complexity index is 893. The maximum absolute atomic E-state index is 12.1. The fraction of sp³-hybridized carbons (Fsp3) is 0.0588. The normalized spacial score (nSPS) is 17.6. The Morgan fingerprint density at radius 1 is 1.08 bits per heavy atom. The maximum Gasteiger partial charge on any atom is 0.264 e. The van der Waals surface area contributed by atoms with Crippen LogP contribution in [0.2, 0.25) is 15.1 Å². The summed E-state index contributed by atoms with van der Waals surface area (Å²) < 4.78 is 0. The van der Waals surface area contributed by atoms with Crippen LogP contribution in [0.5, 0.6) is 0 Å². The summed E-state index contributed by atoms with van der Waals surface area (Å²) in [5.74, 6) is -0.227. The van der Waals surface area contributed by atoms with Gasteiger partial charge >= 0.3 is 0 Å². The lowest BCUT2D eigenvalue weighted by Gasteiger charge is -2.02. The van der Waals surface area contributed by atoms with Gasteiger partial charge in [0.05, 0.1) is 20.6 Å². The molecule has 0 bridgehead atoms. The highest BCUT2D eigenvalue weighted by Gasteiger charge is 2.24. The van der Waals surface area contributed by atoms with E-state index in [0.717, 1.165) is 5.56 Å². The standard InChI is InChI=1S/C17H11Cl3N2OS/c1-9-11(18)5-3-7-13(9)21-17-22-16(23)14(24-17)8-10-4-2-6-12(19)15(10)20/h2-8H,1H3,(H,21,22,23)/b14-8-. The second-order valence-corrected chi connectivity index (χ2v) is 7.23. The molecule has 1 N–H and O–H groups in total. The van der Waals surface area contributed by atoms with Crippen LogP contribution >= 0.6 is 46.6 Å². The maximum atomic E-state index is 12.1. The van der Waals surface area contributed by atoms with Crippen molar-refractivity contribution in [2.24, 2.45) is 4.99 Å². The van der Waals surface area contributed by atoms with Crippen LogP contribution in [0.1, 0.15) is 11.1 Å². The van der Waals surface area contributed by atoms with Crippen molar-refractivity contribution in [3.63, 3.8) is 0 Å². The molecular weight excluding hydrogens is 387 g/mol. The summed E-state index contributed by atoms with van der Waals surface area (Å²) in [6, 6.07) is 10.7. The molecule has 1 aliphatic heterocycles. The smallest absolute Gasteiger partial charge is 0.264 e. The molecule has 0 saturated carbocycles. The van der Waals surface area contributed by atoms with Gasteiger partial charge in [0, 0.05) is 5.02 Å². The molecule has 122 valence electrons. The molecule has 0 unspecified atom stereocenters. The molecule has 3 rings (SSSR count). The van der Waals surface area contributed by atoms with Crippen molar-refractivity contribution in [3.8, 4) is 0 Å². The Morgan fingerprint density at radius 2 is 1.79 bits per heavy atom. The molecule has 1 heterocycles. The van der Waals surface area contributed by atoms with Crippen molar-refractivity contribution in [2.75, 3.05) is 0 Å². The lowest BCUT2D eigenvalue weighted by atomic mass is 10.2. The third-order valence-corrected chi connectivity index (χ3v) is 5.53. The van der Waals surface area contributed by atoms with E-state index >= 15 is 0 Å². The second-order valence-electron chi connectivity index (χ2n) is 5.01. The van der Waals surface area contributed by atoms with E-state index in [1.165, 1.54) is 11.8 Å². The molecule has 24 heavy (non-hydrogen) atoms. The molecule has 7 heteroatoms. The number of halogens is 3. The molecule has 2 aromatic carbocycles. The number of hydrogen-bond acceptors (Lipinski definition) is 3. The van der Waals surface area contributed by atoms with E-state index in [2.05, 4.69) is 10.3 Å². The third-order valence-electron chi connectivity index (χ3n) is 3.38. The van der Waals surface area contributed by atoms with E-state index in [0.29, 0.717) is 36.4 Å². The predicted molar refractivity (Wildman–Crippen MR) is 103 cm³/mol. The van der Waals surface area contributed by atoms with Crippen molar-refractivity contribution in [1.29, 1.82) is 0 Å². The zero-order valence-corrected chi connectivity index (χ0v) is 15.5. The van der Waals surface area contributed by atoms with E-state index in [4.69, 9.17) is 34.8 Å². The summed E-state index contributed by atoms with van der Waals surface area (Å²) >= 11 is 19.5. The Labute approximate surface area is 158 Å². The summed E-state index contributed by atoms with van der Waals surface area (Å²) in [4.78, 5) is 17.1. The molecule has 0 aliphatic carbocycles. The van der Waals surface area contributed by atoms with Gasteiger partial charge in [0.2, 0.25) is 0 Å². The summed E-state index contributed by atoms with van der Waals surface area (Å²) in [6.07, 6.45) is 1.70. The Hall–Kier alpha value is -1.46. The highest BCUT2D eigenvalue weighted by atomic mass is 35.5. The first-order chi connectivity index (χ1) is 11.5. The van der Waals surface area contributed by atoms with Gasteiger partial charge < -0.3 is 5.32 Å². The van der Waals surface area contributed by atoms with E-state index in [1.807, 2.05) is 19.1 Å². The number of amidine groups is 1. The van der Waals surface area contributed by atoms with Crippen LogP contribution in [0.25, 0.3) is 6.08 Å². The summed E-state index contributed by atoms with van der Waals surface area (Å²) in [7, 11) is 0. The zero-order chi connectivity index (χ0) is 17.3. The monoisotopic (exact) mass is 396 g/mol. The summed E-state index contributed by atoms with van der Waals surface area (Å²) in [6.45, 7) is 1.88. The zero-order valence-electron chi connectivity index (χ0n) is 12.4. The first-order valence-electron chi connectivity index (χ1n) is 6.94. The highest BCUT2D eigenvalue weighted by Crippen LogP contribution is 2.33. The number of benzene rings is 2. The lowest BCUT2D eigenvalue weighted by molar-refractivity contribution is -0.115. The van der Waals surface area contributed by atoms with Crippen LogP contribution in [0.3, 0.4) is 0 Å². The van der Waals surface area contributed by atoms with Crippen molar-refractivity contribution < 1.29 is 4.79 Å². The van der Waals surface area contributed by atoms with E-state index in [-0.39, 0.29) is 5.91 Å². The van der Waals surface area contributed by atoms with Gasteiger partial charge in [-0.3, -0.25) is 4.79 Å². The number of aliphatic imine (C=N–C) groups is 1. The SMILES string of the molecule is Cc1c(Cl)cccc1N=C1NC(=O)/C(=C/c2cccc(Cl)c2Cl)S1. The quantitative estimate of drug-likeness (QED) is 0.646. The molecule has 2 aromatic rings. The van der Waals surface area contributed by atoms with Crippen LogP contribution in [0.15, 0.2) is 46.3 Å². The van der Waals surface area contributed by atoms with Gasteiger partial charge in [0.25, 0.3) is 5.91 Å². The number of rotatable bonds is 2. The highest BCUT2D eigenvalue weighted by molar-refractivity contribution is 8.18. The molecule has 0 aromatic heterocycles. The van der Waals surface area contributed by atoms with Crippen LogP contribution < -0.4 is 5.32 Å².